The maximum Gasteiger partial charge on any atom is 0.247 e. The van der Waals surface area contributed by atoms with Gasteiger partial charge in [-0.15, -0.1) is 0 Å². The van der Waals surface area contributed by atoms with Gasteiger partial charge in [0.15, 0.2) is 0 Å². The molecule has 18 aromatic rings. The summed E-state index contributed by atoms with van der Waals surface area (Å²) in [6, 6.07) is 101. The molecule has 2 aliphatic rings. The fraction of sp³-hybridized carbons (Fsp3) is 0. The van der Waals surface area contributed by atoms with Crippen LogP contribution >= 0.6 is 0 Å². The van der Waals surface area contributed by atoms with E-state index in [-0.39, 0.29) is 13.4 Å². The van der Waals surface area contributed by atoms with Crippen LogP contribution in [0.2, 0.25) is 0 Å². The fourth-order valence-electron chi connectivity index (χ4n) is 16.1. The summed E-state index contributed by atoms with van der Waals surface area (Å²) in [7, 11) is 0. The van der Waals surface area contributed by atoms with E-state index in [9.17, 15) is 0 Å². The minimum absolute atomic E-state index is 0.0414. The molecule has 20 rings (SSSR count). The van der Waals surface area contributed by atoms with E-state index in [2.05, 4.69) is 285 Å². The van der Waals surface area contributed by atoms with Crippen molar-refractivity contribution in [1.29, 1.82) is 0 Å². The Morgan fingerprint density at radius 3 is 0.988 bits per heavy atom. The first-order chi connectivity index (χ1) is 40.8. The molecule has 374 valence electrons. The number of para-hydroxylation sites is 6. The number of benzene rings is 14. The van der Waals surface area contributed by atoms with Gasteiger partial charge in [-0.05, 0) is 104 Å². The lowest BCUT2D eigenvalue weighted by atomic mass is 9.34. The van der Waals surface area contributed by atoms with Crippen LogP contribution in [0.25, 0.3) is 142 Å². The summed E-state index contributed by atoms with van der Waals surface area (Å²) in [5, 5.41) is 17.9. The van der Waals surface area contributed by atoms with E-state index in [0.29, 0.717) is 0 Å². The lowest BCUT2D eigenvalue weighted by Gasteiger charge is -2.34. The van der Waals surface area contributed by atoms with Gasteiger partial charge >= 0.3 is 0 Å². The van der Waals surface area contributed by atoms with Gasteiger partial charge < -0.3 is 18.3 Å². The summed E-state index contributed by atoms with van der Waals surface area (Å²) < 4.78 is 10.3. The number of fused-ring (bicyclic) bond motifs is 20. The summed E-state index contributed by atoms with van der Waals surface area (Å²) in [5.41, 5.74) is 22.7. The van der Waals surface area contributed by atoms with Crippen LogP contribution in [0.3, 0.4) is 0 Å². The van der Waals surface area contributed by atoms with E-state index in [1.54, 1.807) is 0 Å². The molecular formula is C76H44B2N4. The third kappa shape index (κ3) is 5.31. The van der Waals surface area contributed by atoms with E-state index in [1.807, 2.05) is 0 Å². The molecule has 0 unspecified atom stereocenters. The van der Waals surface area contributed by atoms with Crippen LogP contribution in [0.5, 0.6) is 0 Å². The third-order valence-electron chi connectivity index (χ3n) is 19.1. The Morgan fingerprint density at radius 2 is 0.549 bits per heavy atom. The Morgan fingerprint density at radius 1 is 0.220 bits per heavy atom. The van der Waals surface area contributed by atoms with Gasteiger partial charge in [0.2, 0.25) is 13.4 Å². The van der Waals surface area contributed by atoms with Crippen LogP contribution in [0.1, 0.15) is 0 Å². The molecule has 4 nitrogen and oxygen atoms in total. The molecule has 4 aromatic heterocycles. The Kier molecular flexibility index (Phi) is 8.26. The molecule has 0 fully saturated rings. The van der Waals surface area contributed by atoms with Crippen molar-refractivity contribution in [3.8, 4) is 22.7 Å². The molecule has 0 spiro atoms. The second-order valence-corrected chi connectivity index (χ2v) is 23.0. The van der Waals surface area contributed by atoms with Crippen molar-refractivity contribution in [3.63, 3.8) is 0 Å². The van der Waals surface area contributed by atoms with Gasteiger partial charge in [-0.1, -0.05) is 217 Å². The molecule has 0 bridgehead atoms. The molecule has 0 amide bonds. The van der Waals surface area contributed by atoms with Crippen LogP contribution in [0.4, 0.5) is 0 Å². The van der Waals surface area contributed by atoms with Crippen molar-refractivity contribution in [1.82, 2.24) is 18.3 Å². The predicted molar refractivity (Wildman–Crippen MR) is 350 cm³/mol. The largest absolute Gasteiger partial charge is 0.310 e. The molecular weight excluding hydrogens is 990 g/mol. The molecule has 0 aliphatic carbocycles. The zero-order chi connectivity index (χ0) is 53.1. The van der Waals surface area contributed by atoms with Crippen LogP contribution in [-0.2, 0) is 0 Å². The molecule has 14 aromatic carbocycles. The highest BCUT2D eigenvalue weighted by Gasteiger charge is 2.41. The third-order valence-corrected chi connectivity index (χ3v) is 19.1. The molecule has 6 heteroatoms. The van der Waals surface area contributed by atoms with Gasteiger partial charge in [-0.3, -0.25) is 0 Å². The maximum absolute atomic E-state index is 2.70. The molecule has 0 atom stereocenters. The van der Waals surface area contributed by atoms with Gasteiger partial charge in [0.1, 0.15) is 0 Å². The molecule has 6 heterocycles. The van der Waals surface area contributed by atoms with Crippen LogP contribution in [0.15, 0.2) is 267 Å². The minimum Gasteiger partial charge on any atom is -0.310 e. The van der Waals surface area contributed by atoms with Crippen molar-refractivity contribution in [3.05, 3.63) is 267 Å². The highest BCUT2D eigenvalue weighted by molar-refractivity contribution is 7.01. The van der Waals surface area contributed by atoms with Crippen molar-refractivity contribution in [2.24, 2.45) is 0 Å². The molecule has 0 saturated carbocycles. The molecule has 0 radical (unpaired) electrons. The molecule has 2 aliphatic heterocycles. The summed E-state index contributed by atoms with van der Waals surface area (Å²) in [6.45, 7) is -0.0829. The van der Waals surface area contributed by atoms with Crippen LogP contribution < -0.4 is 32.8 Å². The van der Waals surface area contributed by atoms with E-state index in [1.165, 1.54) is 164 Å². The van der Waals surface area contributed by atoms with Crippen LogP contribution in [-0.4, -0.2) is 31.7 Å². The summed E-state index contributed by atoms with van der Waals surface area (Å²) in [5.74, 6) is 0. The Bertz CT molecular complexity index is 5450. The number of nitrogens with zero attached hydrogens (tertiary/aromatic N) is 4. The van der Waals surface area contributed by atoms with E-state index >= 15 is 0 Å². The highest BCUT2D eigenvalue weighted by atomic mass is 15.0. The quantitative estimate of drug-likeness (QED) is 0.124. The number of rotatable bonds is 4. The second-order valence-electron chi connectivity index (χ2n) is 23.0. The van der Waals surface area contributed by atoms with Crippen molar-refractivity contribution in [2.45, 2.75) is 0 Å². The molecule has 0 saturated heterocycles. The van der Waals surface area contributed by atoms with Gasteiger partial charge in [-0.2, -0.15) is 0 Å². The van der Waals surface area contributed by atoms with Gasteiger partial charge in [-0.25, -0.2) is 0 Å². The number of hydrogen-bond donors (Lipinski definition) is 0. The monoisotopic (exact) mass is 1030 g/mol. The summed E-state index contributed by atoms with van der Waals surface area (Å²) >= 11 is 0. The van der Waals surface area contributed by atoms with Crippen molar-refractivity contribution in [2.75, 3.05) is 0 Å². The van der Waals surface area contributed by atoms with Crippen molar-refractivity contribution < 1.29 is 0 Å². The lowest BCUT2D eigenvalue weighted by Crippen LogP contribution is -2.57. The van der Waals surface area contributed by atoms with Gasteiger partial charge in [0.25, 0.3) is 0 Å². The molecule has 0 N–H and O–H groups in total. The average Bonchev–Trinajstić information content (AvgIpc) is 2.00. The first-order valence-electron chi connectivity index (χ1n) is 28.7. The normalized spacial score (nSPS) is 13.1. The standard InChI is InChI=1S/C76H44B2N4/c1-5-21-45(22-6-1)77-61-37-19-31-51-59-41-57-49-29-13-15-39-63(49)79(47-25-9-3-10-26-47)65(57)43-67(59)81(73(51)61)75-55-35-18-34-54-70(55)69-53(71(75)77)33-17-36-56(69)76-72(54)78(46-23-7-2-8-24-46)62-38-20-32-52-60-42-58-50-30-14-16-40-64(50)80(48-27-11-4-12-28-48)66(58)44-68(60)82(76)74(52)62/h1-44H. The topological polar surface area (TPSA) is 19.7 Å². The van der Waals surface area contributed by atoms with E-state index in [4.69, 9.17) is 0 Å². The molecule has 82 heavy (non-hydrogen) atoms. The van der Waals surface area contributed by atoms with Crippen LogP contribution in [0, 0.1) is 0 Å². The number of hydrogen-bond acceptors (Lipinski definition) is 0. The summed E-state index contributed by atoms with van der Waals surface area (Å²) in [6.07, 6.45) is 0. The zero-order valence-corrected chi connectivity index (χ0v) is 44.3. The Hall–Kier alpha value is -10.6. The van der Waals surface area contributed by atoms with E-state index in [0.717, 1.165) is 11.4 Å². The van der Waals surface area contributed by atoms with E-state index < -0.39 is 0 Å². The van der Waals surface area contributed by atoms with Gasteiger partial charge in [0, 0.05) is 87.6 Å². The second kappa shape index (κ2) is 15.6. The zero-order valence-electron chi connectivity index (χ0n) is 44.3. The smallest absolute Gasteiger partial charge is 0.247 e. The predicted octanol–water partition coefficient (Wildman–Crippen LogP) is 14.6. The van der Waals surface area contributed by atoms with Crippen molar-refractivity contribution >= 4 is 166 Å². The first-order valence-corrected chi connectivity index (χ1v) is 28.7. The Labute approximate surface area is 471 Å². The first kappa shape index (κ1) is 43.3. The number of aromatic nitrogens is 4. The SMILES string of the molecule is c1ccc(B2c3c(c4cccc5c6c(c7cccc3c7c54)-n3c4cc5c(cc4c4cccc(c43)B6c3ccccc3)c3ccccc3n5-c3ccccc3)-n3c4cc5c(cc4c4cccc2c43)c2ccccc2n5-c2ccccc2)cc1. The average molecular weight is 1030 g/mol. The van der Waals surface area contributed by atoms with Gasteiger partial charge in [0.05, 0.1) is 33.1 Å². The summed E-state index contributed by atoms with van der Waals surface area (Å²) in [4.78, 5) is 0. The highest BCUT2D eigenvalue weighted by Crippen LogP contribution is 2.48. The Balaban J connectivity index is 0.982. The minimum atomic E-state index is -0.0414. The lowest BCUT2D eigenvalue weighted by molar-refractivity contribution is 1.17. The fourth-order valence-corrected chi connectivity index (χ4v) is 16.1. The maximum atomic E-state index is 2.70.